The summed E-state index contributed by atoms with van der Waals surface area (Å²) >= 11 is 0. The van der Waals surface area contributed by atoms with Crippen LogP contribution in [0.2, 0.25) is 0 Å². The number of alkyl halides is 3. The topological polar surface area (TPSA) is 21.3 Å². The zero-order valence-corrected chi connectivity index (χ0v) is 11.6. The van der Waals surface area contributed by atoms with Crippen molar-refractivity contribution >= 4 is 5.69 Å². The van der Waals surface area contributed by atoms with Crippen LogP contribution in [0.5, 0.6) is 0 Å². The van der Waals surface area contributed by atoms with Gasteiger partial charge in [-0.1, -0.05) is 19.9 Å². The highest BCUT2D eigenvalue weighted by Gasteiger charge is 2.31. The number of rotatable bonds is 5. The number of methoxy groups -OCH3 is 1. The van der Waals surface area contributed by atoms with Gasteiger partial charge >= 0.3 is 6.18 Å². The number of aryl methyl sites for hydroxylation is 1. The van der Waals surface area contributed by atoms with Crippen molar-refractivity contribution < 1.29 is 17.9 Å². The van der Waals surface area contributed by atoms with Crippen LogP contribution in [0.1, 0.15) is 25.0 Å². The Kier molecular flexibility index (Phi) is 5.23. The van der Waals surface area contributed by atoms with Crippen LogP contribution in [0.4, 0.5) is 18.9 Å². The average molecular weight is 275 g/mol. The number of hydrogen-bond acceptors (Lipinski definition) is 2. The fourth-order valence-electron chi connectivity index (χ4n) is 1.73. The van der Waals surface area contributed by atoms with Crippen LogP contribution in [0.25, 0.3) is 0 Å². The minimum Gasteiger partial charge on any atom is -0.383 e. The molecule has 0 aromatic heterocycles. The van der Waals surface area contributed by atoms with E-state index in [-0.39, 0.29) is 12.0 Å². The lowest BCUT2D eigenvalue weighted by Gasteiger charge is -2.24. The van der Waals surface area contributed by atoms with E-state index >= 15 is 0 Å². The van der Waals surface area contributed by atoms with Crippen LogP contribution in [-0.4, -0.2) is 19.8 Å². The first-order valence-electron chi connectivity index (χ1n) is 6.19. The summed E-state index contributed by atoms with van der Waals surface area (Å²) in [6.07, 6.45) is -4.32. The van der Waals surface area contributed by atoms with Crippen molar-refractivity contribution in [3.63, 3.8) is 0 Å². The summed E-state index contributed by atoms with van der Waals surface area (Å²) in [6, 6.07) is 3.71. The number of nitrogens with one attached hydrogen (secondary N) is 1. The van der Waals surface area contributed by atoms with Gasteiger partial charge in [-0.25, -0.2) is 0 Å². The Balaban J connectivity index is 2.99. The predicted molar refractivity (Wildman–Crippen MR) is 70.3 cm³/mol. The first-order valence-corrected chi connectivity index (χ1v) is 6.19. The Hall–Kier alpha value is -1.23. The van der Waals surface area contributed by atoms with Crippen LogP contribution < -0.4 is 5.32 Å². The molecule has 1 aromatic rings. The van der Waals surface area contributed by atoms with Gasteiger partial charge in [-0.15, -0.1) is 0 Å². The molecule has 0 aliphatic heterocycles. The van der Waals surface area contributed by atoms with Gasteiger partial charge in [0.2, 0.25) is 0 Å². The molecule has 0 saturated heterocycles. The SMILES string of the molecule is COCC(Nc1cc(C(F)(F)F)ccc1C)C(C)C. The van der Waals surface area contributed by atoms with Crippen LogP contribution in [0.15, 0.2) is 18.2 Å². The van der Waals surface area contributed by atoms with Crippen molar-refractivity contribution in [2.24, 2.45) is 5.92 Å². The second-order valence-electron chi connectivity index (χ2n) is 4.98. The molecule has 19 heavy (non-hydrogen) atoms. The number of benzene rings is 1. The number of ether oxygens (including phenoxy) is 1. The monoisotopic (exact) mass is 275 g/mol. The smallest absolute Gasteiger partial charge is 0.383 e. The van der Waals surface area contributed by atoms with E-state index in [1.165, 1.54) is 6.07 Å². The van der Waals surface area contributed by atoms with Crippen molar-refractivity contribution in [2.45, 2.75) is 33.0 Å². The molecule has 1 atom stereocenters. The lowest BCUT2D eigenvalue weighted by molar-refractivity contribution is -0.137. The number of halogens is 3. The molecule has 0 bridgehead atoms. The lowest BCUT2D eigenvalue weighted by atomic mass is 10.0. The van der Waals surface area contributed by atoms with Crippen LogP contribution >= 0.6 is 0 Å². The van der Waals surface area contributed by atoms with E-state index in [2.05, 4.69) is 5.32 Å². The van der Waals surface area contributed by atoms with Crippen molar-refractivity contribution in [3.05, 3.63) is 29.3 Å². The zero-order chi connectivity index (χ0) is 14.6. The molecule has 0 heterocycles. The lowest BCUT2D eigenvalue weighted by Crippen LogP contribution is -2.30. The van der Waals surface area contributed by atoms with Crippen LogP contribution in [-0.2, 0) is 10.9 Å². The Labute approximate surface area is 112 Å². The molecule has 1 N–H and O–H groups in total. The molecule has 0 aliphatic rings. The van der Waals surface area contributed by atoms with Gasteiger partial charge in [-0.3, -0.25) is 0 Å². The summed E-state index contributed by atoms with van der Waals surface area (Å²) in [5.41, 5.74) is 0.654. The Bertz CT molecular complexity index is 416. The van der Waals surface area contributed by atoms with Gasteiger partial charge in [-0.05, 0) is 30.5 Å². The molecule has 0 fully saturated rings. The van der Waals surface area contributed by atoms with E-state index in [4.69, 9.17) is 4.74 Å². The van der Waals surface area contributed by atoms with E-state index in [1.807, 2.05) is 13.8 Å². The highest BCUT2D eigenvalue weighted by molar-refractivity contribution is 5.54. The van der Waals surface area contributed by atoms with Crippen LogP contribution in [0, 0.1) is 12.8 Å². The van der Waals surface area contributed by atoms with Crippen molar-refractivity contribution in [1.82, 2.24) is 0 Å². The number of anilines is 1. The summed E-state index contributed by atoms with van der Waals surface area (Å²) < 4.78 is 43.2. The van der Waals surface area contributed by atoms with Gasteiger partial charge in [0.15, 0.2) is 0 Å². The third kappa shape index (κ3) is 4.42. The second-order valence-corrected chi connectivity index (χ2v) is 4.98. The van der Waals surface area contributed by atoms with Gasteiger partial charge in [0.25, 0.3) is 0 Å². The molecule has 1 unspecified atom stereocenters. The maximum atomic E-state index is 12.7. The van der Waals surface area contributed by atoms with E-state index in [9.17, 15) is 13.2 Å². The van der Waals surface area contributed by atoms with Crippen LogP contribution in [0.3, 0.4) is 0 Å². The highest BCUT2D eigenvalue weighted by atomic mass is 19.4. The summed E-state index contributed by atoms with van der Waals surface area (Å²) in [5.74, 6) is 0.258. The zero-order valence-electron chi connectivity index (χ0n) is 11.6. The molecule has 0 amide bonds. The summed E-state index contributed by atoms with van der Waals surface area (Å²) in [5, 5.41) is 3.14. The van der Waals surface area contributed by atoms with Gasteiger partial charge in [-0.2, -0.15) is 13.2 Å². The van der Waals surface area contributed by atoms with Gasteiger partial charge in [0.1, 0.15) is 0 Å². The highest BCUT2D eigenvalue weighted by Crippen LogP contribution is 2.32. The van der Waals surface area contributed by atoms with Crippen molar-refractivity contribution in [2.75, 3.05) is 19.0 Å². The fraction of sp³-hybridized carbons (Fsp3) is 0.571. The standard InChI is InChI=1S/C14H20F3NO/c1-9(2)13(8-19-4)18-12-7-11(14(15,16)17)6-5-10(12)3/h5-7,9,13,18H,8H2,1-4H3. The van der Waals surface area contributed by atoms with E-state index in [0.717, 1.165) is 17.7 Å². The summed E-state index contributed by atoms with van der Waals surface area (Å²) in [4.78, 5) is 0. The maximum absolute atomic E-state index is 12.7. The van der Waals surface area contributed by atoms with E-state index < -0.39 is 11.7 Å². The third-order valence-electron chi connectivity index (χ3n) is 3.06. The van der Waals surface area contributed by atoms with Crippen molar-refractivity contribution in [1.29, 1.82) is 0 Å². The minimum absolute atomic E-state index is 0.0211. The molecule has 0 spiro atoms. The molecule has 0 saturated carbocycles. The van der Waals surface area contributed by atoms with Gasteiger partial charge in [0, 0.05) is 12.8 Å². The molecule has 0 radical (unpaired) electrons. The molecule has 108 valence electrons. The summed E-state index contributed by atoms with van der Waals surface area (Å²) in [7, 11) is 1.58. The quantitative estimate of drug-likeness (QED) is 0.873. The normalized spacial score (nSPS) is 13.7. The molecular formula is C14H20F3NO. The van der Waals surface area contributed by atoms with Gasteiger partial charge < -0.3 is 10.1 Å². The summed E-state index contributed by atoms with van der Waals surface area (Å²) in [6.45, 7) is 6.24. The molecule has 1 rings (SSSR count). The first kappa shape index (κ1) is 15.8. The maximum Gasteiger partial charge on any atom is 0.416 e. The fourth-order valence-corrected chi connectivity index (χ4v) is 1.73. The van der Waals surface area contributed by atoms with E-state index in [1.54, 1.807) is 14.0 Å². The number of hydrogen-bond donors (Lipinski definition) is 1. The molecular weight excluding hydrogens is 255 g/mol. The molecule has 5 heteroatoms. The Morgan fingerprint density at radius 2 is 1.89 bits per heavy atom. The third-order valence-corrected chi connectivity index (χ3v) is 3.06. The largest absolute Gasteiger partial charge is 0.416 e. The Morgan fingerprint density at radius 3 is 2.37 bits per heavy atom. The minimum atomic E-state index is -4.32. The van der Waals surface area contributed by atoms with Crippen molar-refractivity contribution in [3.8, 4) is 0 Å². The van der Waals surface area contributed by atoms with Gasteiger partial charge in [0.05, 0.1) is 18.2 Å². The average Bonchev–Trinajstić information content (AvgIpc) is 2.29. The molecule has 1 aromatic carbocycles. The second kappa shape index (κ2) is 6.28. The van der Waals surface area contributed by atoms with E-state index in [0.29, 0.717) is 12.3 Å². The molecule has 2 nitrogen and oxygen atoms in total. The predicted octanol–water partition coefficient (Wildman–Crippen LogP) is 4.10. The Morgan fingerprint density at radius 1 is 1.26 bits per heavy atom. The molecule has 0 aliphatic carbocycles. The first-order chi connectivity index (χ1) is 8.75.